The summed E-state index contributed by atoms with van der Waals surface area (Å²) in [6, 6.07) is 7.14. The fourth-order valence-electron chi connectivity index (χ4n) is 2.28. The molecular weight excluding hydrogens is 244 g/mol. The molecule has 0 N–H and O–H groups in total. The molecule has 0 unspecified atom stereocenters. The molecule has 1 aromatic rings. The van der Waals surface area contributed by atoms with E-state index >= 15 is 0 Å². The van der Waals surface area contributed by atoms with Crippen LogP contribution in [0, 0.1) is 6.92 Å². The van der Waals surface area contributed by atoms with Gasteiger partial charge in [-0.15, -0.1) is 0 Å². The SMILES string of the molecule is Cc1ccc(S(=O)(=O)C2=CCCCCCC2)cc1. The lowest BCUT2D eigenvalue weighted by atomic mass is 10.1. The standard InChI is InChI=1S/C15H20O2S/c1-13-9-11-15(12-10-13)18(16,17)14-7-5-3-2-4-6-8-14/h7,9-12H,2-6,8H2,1H3. The summed E-state index contributed by atoms with van der Waals surface area (Å²) in [5, 5.41) is 0. The van der Waals surface area contributed by atoms with Gasteiger partial charge < -0.3 is 0 Å². The summed E-state index contributed by atoms with van der Waals surface area (Å²) < 4.78 is 25.0. The summed E-state index contributed by atoms with van der Waals surface area (Å²) >= 11 is 0. The number of benzene rings is 1. The van der Waals surface area contributed by atoms with Crippen LogP contribution in [0.4, 0.5) is 0 Å². The molecule has 0 saturated heterocycles. The predicted octanol–water partition coefficient (Wildman–Crippen LogP) is 4.01. The van der Waals surface area contributed by atoms with Crippen LogP contribution in [0.3, 0.4) is 0 Å². The first-order valence-corrected chi connectivity index (χ1v) is 8.10. The van der Waals surface area contributed by atoms with Crippen LogP contribution in [-0.4, -0.2) is 8.42 Å². The quantitative estimate of drug-likeness (QED) is 0.809. The van der Waals surface area contributed by atoms with Crippen molar-refractivity contribution in [3.8, 4) is 0 Å². The third-order valence-corrected chi connectivity index (χ3v) is 5.38. The van der Waals surface area contributed by atoms with Gasteiger partial charge in [-0.2, -0.15) is 0 Å². The van der Waals surface area contributed by atoms with Gasteiger partial charge in [-0.25, -0.2) is 8.42 Å². The molecule has 0 bridgehead atoms. The minimum absolute atomic E-state index is 0.430. The Labute approximate surface area is 110 Å². The van der Waals surface area contributed by atoms with E-state index in [1.807, 2.05) is 25.1 Å². The molecule has 0 saturated carbocycles. The number of allylic oxidation sites excluding steroid dienone is 2. The van der Waals surface area contributed by atoms with Crippen molar-refractivity contribution >= 4 is 9.84 Å². The molecule has 98 valence electrons. The summed E-state index contributed by atoms with van der Waals surface area (Å²) in [5.74, 6) is 0. The Morgan fingerprint density at radius 3 is 2.33 bits per heavy atom. The lowest BCUT2D eigenvalue weighted by molar-refractivity contribution is 0.590. The summed E-state index contributed by atoms with van der Waals surface area (Å²) in [5.41, 5.74) is 1.08. The maximum Gasteiger partial charge on any atom is 0.202 e. The van der Waals surface area contributed by atoms with E-state index in [-0.39, 0.29) is 0 Å². The van der Waals surface area contributed by atoms with Crippen molar-refractivity contribution in [2.24, 2.45) is 0 Å². The van der Waals surface area contributed by atoms with E-state index in [1.165, 1.54) is 6.42 Å². The van der Waals surface area contributed by atoms with Crippen molar-refractivity contribution in [2.45, 2.75) is 50.3 Å². The predicted molar refractivity (Wildman–Crippen MR) is 74.1 cm³/mol. The summed E-state index contributed by atoms with van der Waals surface area (Å²) in [6.45, 7) is 1.96. The average Bonchev–Trinajstić information content (AvgIpc) is 2.28. The fourth-order valence-corrected chi connectivity index (χ4v) is 3.82. The first-order valence-electron chi connectivity index (χ1n) is 6.61. The minimum Gasteiger partial charge on any atom is -0.219 e. The molecule has 0 heterocycles. The van der Waals surface area contributed by atoms with Crippen molar-refractivity contribution < 1.29 is 8.42 Å². The molecule has 0 radical (unpaired) electrons. The molecule has 0 aromatic heterocycles. The molecule has 18 heavy (non-hydrogen) atoms. The minimum atomic E-state index is -3.26. The second kappa shape index (κ2) is 5.70. The Hall–Kier alpha value is -1.09. The topological polar surface area (TPSA) is 34.1 Å². The van der Waals surface area contributed by atoms with Gasteiger partial charge in [-0.3, -0.25) is 0 Å². The molecule has 2 rings (SSSR count). The normalized spacial score (nSPS) is 17.7. The summed E-state index contributed by atoms with van der Waals surface area (Å²) in [6.07, 6.45) is 7.95. The van der Waals surface area contributed by atoms with E-state index in [1.54, 1.807) is 12.1 Å². The largest absolute Gasteiger partial charge is 0.219 e. The monoisotopic (exact) mass is 264 g/mol. The van der Waals surface area contributed by atoms with Crippen LogP contribution in [0.5, 0.6) is 0 Å². The molecule has 0 fully saturated rings. The van der Waals surface area contributed by atoms with Crippen molar-refractivity contribution in [3.63, 3.8) is 0 Å². The van der Waals surface area contributed by atoms with E-state index in [0.29, 0.717) is 16.2 Å². The van der Waals surface area contributed by atoms with Gasteiger partial charge in [0.15, 0.2) is 0 Å². The van der Waals surface area contributed by atoms with Crippen molar-refractivity contribution in [1.82, 2.24) is 0 Å². The van der Waals surface area contributed by atoms with Gasteiger partial charge in [0.1, 0.15) is 0 Å². The van der Waals surface area contributed by atoms with Crippen molar-refractivity contribution in [2.75, 3.05) is 0 Å². The van der Waals surface area contributed by atoms with Crippen LogP contribution in [0.1, 0.15) is 44.1 Å². The summed E-state index contributed by atoms with van der Waals surface area (Å²) in [4.78, 5) is 1.05. The molecule has 1 aliphatic carbocycles. The van der Waals surface area contributed by atoms with Crippen molar-refractivity contribution in [3.05, 3.63) is 40.8 Å². The van der Waals surface area contributed by atoms with Gasteiger partial charge in [0.05, 0.1) is 4.90 Å². The Kier molecular flexibility index (Phi) is 4.23. The molecule has 0 aliphatic heterocycles. The van der Waals surface area contributed by atoms with Gasteiger partial charge in [-0.05, 0) is 44.7 Å². The van der Waals surface area contributed by atoms with Crippen LogP contribution >= 0.6 is 0 Å². The Morgan fingerprint density at radius 1 is 0.944 bits per heavy atom. The van der Waals surface area contributed by atoms with Crippen LogP contribution < -0.4 is 0 Å². The highest BCUT2D eigenvalue weighted by molar-refractivity contribution is 7.95. The fraction of sp³-hybridized carbons (Fsp3) is 0.467. The van der Waals surface area contributed by atoms with Gasteiger partial charge in [0.25, 0.3) is 0 Å². The van der Waals surface area contributed by atoms with E-state index in [9.17, 15) is 8.42 Å². The Balaban J connectivity index is 2.31. The van der Waals surface area contributed by atoms with Crippen LogP contribution in [-0.2, 0) is 9.84 Å². The summed E-state index contributed by atoms with van der Waals surface area (Å²) in [7, 11) is -3.26. The smallest absolute Gasteiger partial charge is 0.202 e. The molecule has 1 aliphatic rings. The highest BCUT2D eigenvalue weighted by Gasteiger charge is 2.20. The highest BCUT2D eigenvalue weighted by Crippen LogP contribution is 2.26. The Bertz CT molecular complexity index is 524. The second-order valence-corrected chi connectivity index (χ2v) is 6.94. The van der Waals surface area contributed by atoms with E-state index in [2.05, 4.69) is 0 Å². The van der Waals surface area contributed by atoms with Gasteiger partial charge in [0, 0.05) is 4.91 Å². The Morgan fingerprint density at radius 2 is 1.61 bits per heavy atom. The third kappa shape index (κ3) is 3.02. The molecule has 0 amide bonds. The van der Waals surface area contributed by atoms with Gasteiger partial charge in [-0.1, -0.05) is 36.6 Å². The average molecular weight is 264 g/mol. The van der Waals surface area contributed by atoms with E-state index < -0.39 is 9.84 Å². The van der Waals surface area contributed by atoms with E-state index in [4.69, 9.17) is 0 Å². The van der Waals surface area contributed by atoms with Gasteiger partial charge >= 0.3 is 0 Å². The van der Waals surface area contributed by atoms with Gasteiger partial charge in [0.2, 0.25) is 9.84 Å². The zero-order valence-electron chi connectivity index (χ0n) is 10.9. The third-order valence-electron chi connectivity index (χ3n) is 3.43. The molecule has 1 aromatic carbocycles. The zero-order valence-corrected chi connectivity index (χ0v) is 11.7. The lowest BCUT2D eigenvalue weighted by Crippen LogP contribution is -2.06. The second-order valence-electron chi connectivity index (χ2n) is 4.94. The molecule has 0 spiro atoms. The highest BCUT2D eigenvalue weighted by atomic mass is 32.2. The maximum absolute atomic E-state index is 12.5. The van der Waals surface area contributed by atoms with Crippen LogP contribution in [0.15, 0.2) is 40.1 Å². The number of aryl methyl sites for hydroxylation is 1. The maximum atomic E-state index is 12.5. The lowest BCUT2D eigenvalue weighted by Gasteiger charge is -2.12. The molecular formula is C15H20O2S. The van der Waals surface area contributed by atoms with E-state index in [0.717, 1.165) is 31.2 Å². The van der Waals surface area contributed by atoms with Crippen LogP contribution in [0.25, 0.3) is 0 Å². The number of sulfone groups is 1. The number of hydrogen-bond acceptors (Lipinski definition) is 2. The molecule has 2 nitrogen and oxygen atoms in total. The molecule has 0 atom stereocenters. The van der Waals surface area contributed by atoms with Crippen molar-refractivity contribution in [1.29, 1.82) is 0 Å². The number of rotatable bonds is 2. The first kappa shape index (κ1) is 13.3. The molecule has 3 heteroatoms. The van der Waals surface area contributed by atoms with Crippen LogP contribution in [0.2, 0.25) is 0 Å². The number of hydrogen-bond donors (Lipinski definition) is 0. The first-order chi connectivity index (χ1) is 8.60. The zero-order chi connectivity index (χ0) is 13.0.